The monoisotopic (exact) mass is 377 g/mol. The van der Waals surface area contributed by atoms with E-state index in [-0.39, 0.29) is 22.5 Å². The Hall–Kier alpha value is -3.29. The minimum atomic E-state index is -0.609. The lowest BCUT2D eigenvalue weighted by atomic mass is 9.96. The van der Waals surface area contributed by atoms with E-state index in [4.69, 9.17) is 10.5 Å². The fourth-order valence-corrected chi connectivity index (χ4v) is 3.53. The molecular weight excluding hydrogens is 354 g/mol. The summed E-state index contributed by atoms with van der Waals surface area (Å²) in [6.07, 6.45) is 4.78. The number of aromatic amines is 1. The van der Waals surface area contributed by atoms with Crippen molar-refractivity contribution in [2.24, 2.45) is 0 Å². The van der Waals surface area contributed by atoms with Crippen LogP contribution in [0.25, 0.3) is 11.1 Å². The highest BCUT2D eigenvalue weighted by atomic mass is 16.5. The zero-order valence-electron chi connectivity index (χ0n) is 15.7. The zero-order valence-corrected chi connectivity index (χ0v) is 15.7. The molecule has 2 heterocycles. The molecule has 144 valence electrons. The molecular formula is C21H23N5O2. The zero-order chi connectivity index (χ0) is 19.9. The second-order valence-electron chi connectivity index (χ2n) is 6.85. The average Bonchev–Trinajstić information content (AvgIpc) is 2.72. The molecule has 0 aliphatic carbocycles. The lowest BCUT2D eigenvalue weighted by molar-refractivity contribution is 0.205. The maximum Gasteiger partial charge on any atom is 0.268 e. The number of ether oxygens (including phenoxy) is 1. The number of hydrogen-bond acceptors (Lipinski definition) is 6. The predicted octanol–water partition coefficient (Wildman–Crippen LogP) is 2.62. The van der Waals surface area contributed by atoms with Crippen LogP contribution >= 0.6 is 0 Å². The van der Waals surface area contributed by atoms with Crippen molar-refractivity contribution in [3.63, 3.8) is 0 Å². The van der Waals surface area contributed by atoms with Gasteiger partial charge in [0.1, 0.15) is 34.8 Å². The van der Waals surface area contributed by atoms with Crippen LogP contribution in [-0.2, 0) is 0 Å². The van der Waals surface area contributed by atoms with E-state index in [9.17, 15) is 15.3 Å². The molecule has 1 fully saturated rings. The Labute approximate surface area is 164 Å². The lowest BCUT2D eigenvalue weighted by Crippen LogP contribution is -2.31. The molecule has 3 N–H and O–H groups in total. The van der Waals surface area contributed by atoms with Crippen molar-refractivity contribution in [1.82, 2.24) is 9.88 Å². The standard InChI is InChI=1S/C21H23N5O2/c22-13-17-19(18(14-23)21(27)25-20(17)24)15-6-4-7-16(12-15)28-11-5-10-26-8-2-1-3-9-26/h4,6-7,12H,1-3,5,8-11H2,(H3,24,25,27). The summed E-state index contributed by atoms with van der Waals surface area (Å²) in [6.45, 7) is 3.91. The van der Waals surface area contributed by atoms with Gasteiger partial charge in [-0.25, -0.2) is 0 Å². The van der Waals surface area contributed by atoms with Gasteiger partial charge >= 0.3 is 0 Å². The topological polar surface area (TPSA) is 119 Å². The molecule has 0 amide bonds. The van der Waals surface area contributed by atoms with Crippen molar-refractivity contribution in [3.8, 4) is 29.0 Å². The molecule has 28 heavy (non-hydrogen) atoms. The Balaban J connectivity index is 1.76. The number of pyridine rings is 1. The molecule has 0 radical (unpaired) electrons. The molecule has 7 heteroatoms. The molecule has 0 saturated carbocycles. The number of benzene rings is 1. The van der Waals surface area contributed by atoms with Gasteiger partial charge in [0.05, 0.1) is 6.61 Å². The smallest absolute Gasteiger partial charge is 0.268 e. The number of nitrogens with zero attached hydrogens (tertiary/aromatic N) is 3. The number of nitrogens with one attached hydrogen (secondary N) is 1. The number of piperidine rings is 1. The fraction of sp³-hybridized carbons (Fsp3) is 0.381. The first-order valence-electron chi connectivity index (χ1n) is 9.45. The Morgan fingerprint density at radius 2 is 1.89 bits per heavy atom. The van der Waals surface area contributed by atoms with E-state index in [2.05, 4.69) is 9.88 Å². The summed E-state index contributed by atoms with van der Waals surface area (Å²) >= 11 is 0. The Morgan fingerprint density at radius 1 is 1.14 bits per heavy atom. The molecule has 3 rings (SSSR count). The molecule has 1 aromatic carbocycles. The van der Waals surface area contributed by atoms with Crippen molar-refractivity contribution in [2.45, 2.75) is 25.7 Å². The van der Waals surface area contributed by atoms with Crippen LogP contribution in [0.3, 0.4) is 0 Å². The molecule has 0 atom stereocenters. The van der Waals surface area contributed by atoms with Crippen LogP contribution in [0.2, 0.25) is 0 Å². The molecule has 0 spiro atoms. The van der Waals surface area contributed by atoms with Crippen LogP contribution < -0.4 is 16.0 Å². The van der Waals surface area contributed by atoms with Crippen LogP contribution in [0.5, 0.6) is 5.75 Å². The van der Waals surface area contributed by atoms with Crippen molar-refractivity contribution < 1.29 is 4.74 Å². The van der Waals surface area contributed by atoms with E-state index in [1.54, 1.807) is 18.2 Å². The molecule has 1 saturated heterocycles. The van der Waals surface area contributed by atoms with Gasteiger partial charge in [-0.05, 0) is 50.0 Å². The number of rotatable bonds is 6. The van der Waals surface area contributed by atoms with Crippen LogP contribution in [0.1, 0.15) is 36.8 Å². The number of likely N-dealkylation sites (tertiary alicyclic amines) is 1. The summed E-state index contributed by atoms with van der Waals surface area (Å²) in [7, 11) is 0. The minimum absolute atomic E-state index is 0.0469. The maximum atomic E-state index is 12.1. The van der Waals surface area contributed by atoms with Gasteiger partial charge in [0.25, 0.3) is 5.56 Å². The van der Waals surface area contributed by atoms with Crippen LogP contribution in [0.4, 0.5) is 5.82 Å². The second kappa shape index (κ2) is 9.07. The number of H-pyrrole nitrogens is 1. The average molecular weight is 377 g/mol. The highest BCUT2D eigenvalue weighted by molar-refractivity contribution is 5.80. The fourth-order valence-electron chi connectivity index (χ4n) is 3.53. The lowest BCUT2D eigenvalue weighted by Gasteiger charge is -2.26. The third-order valence-corrected chi connectivity index (χ3v) is 4.93. The molecule has 7 nitrogen and oxygen atoms in total. The van der Waals surface area contributed by atoms with Crippen LogP contribution in [0.15, 0.2) is 29.1 Å². The van der Waals surface area contributed by atoms with Crippen LogP contribution in [0, 0.1) is 22.7 Å². The Bertz CT molecular complexity index is 978. The largest absolute Gasteiger partial charge is 0.494 e. The van der Waals surface area contributed by atoms with Gasteiger partial charge in [-0.1, -0.05) is 18.6 Å². The summed E-state index contributed by atoms with van der Waals surface area (Å²) < 4.78 is 5.86. The van der Waals surface area contributed by atoms with Gasteiger partial charge in [-0.2, -0.15) is 10.5 Å². The number of nitrogens with two attached hydrogens (primary N) is 1. The van der Waals surface area contributed by atoms with E-state index in [0.717, 1.165) is 26.1 Å². The van der Waals surface area contributed by atoms with Gasteiger partial charge in [-0.15, -0.1) is 0 Å². The SMILES string of the molecule is N#Cc1c(N)[nH]c(=O)c(C#N)c1-c1cccc(OCCCN2CCCCC2)c1. The predicted molar refractivity (Wildman–Crippen MR) is 107 cm³/mol. The normalized spacial score (nSPS) is 14.2. The number of anilines is 1. The van der Waals surface area contributed by atoms with Crippen molar-refractivity contribution in [3.05, 3.63) is 45.7 Å². The van der Waals surface area contributed by atoms with Crippen LogP contribution in [-0.4, -0.2) is 36.1 Å². The van der Waals surface area contributed by atoms with Crippen molar-refractivity contribution >= 4 is 5.82 Å². The first kappa shape index (κ1) is 19.5. The van der Waals surface area contributed by atoms with Crippen molar-refractivity contribution in [2.75, 3.05) is 32.0 Å². The highest BCUT2D eigenvalue weighted by Crippen LogP contribution is 2.30. The molecule has 2 aromatic rings. The van der Waals surface area contributed by atoms with E-state index < -0.39 is 5.56 Å². The van der Waals surface area contributed by atoms with Gasteiger partial charge in [-0.3, -0.25) is 4.79 Å². The quantitative estimate of drug-likeness (QED) is 0.747. The molecule has 1 aliphatic heterocycles. The number of nitriles is 2. The van der Waals surface area contributed by atoms with Crippen molar-refractivity contribution in [1.29, 1.82) is 10.5 Å². The first-order valence-corrected chi connectivity index (χ1v) is 9.45. The summed E-state index contributed by atoms with van der Waals surface area (Å²) in [4.78, 5) is 16.9. The van der Waals surface area contributed by atoms with Gasteiger partial charge in [0, 0.05) is 12.1 Å². The van der Waals surface area contributed by atoms with E-state index in [1.165, 1.54) is 19.3 Å². The molecule has 0 unspecified atom stereocenters. The maximum absolute atomic E-state index is 12.1. The third kappa shape index (κ3) is 4.33. The number of aromatic nitrogens is 1. The van der Waals surface area contributed by atoms with E-state index in [1.807, 2.05) is 18.2 Å². The summed E-state index contributed by atoms with van der Waals surface area (Å²) in [5.74, 6) is 0.581. The molecule has 0 bridgehead atoms. The molecule has 1 aromatic heterocycles. The highest BCUT2D eigenvalue weighted by Gasteiger charge is 2.18. The summed E-state index contributed by atoms with van der Waals surface area (Å²) in [5.41, 5.74) is 5.91. The third-order valence-electron chi connectivity index (χ3n) is 4.93. The summed E-state index contributed by atoms with van der Waals surface area (Å²) in [5, 5.41) is 18.8. The second-order valence-corrected chi connectivity index (χ2v) is 6.85. The minimum Gasteiger partial charge on any atom is -0.494 e. The molecule has 1 aliphatic rings. The van der Waals surface area contributed by atoms with Gasteiger partial charge < -0.3 is 20.4 Å². The summed E-state index contributed by atoms with van der Waals surface area (Å²) in [6, 6.07) is 10.9. The van der Waals surface area contributed by atoms with E-state index >= 15 is 0 Å². The first-order chi connectivity index (χ1) is 13.6. The van der Waals surface area contributed by atoms with Gasteiger partial charge in [0.2, 0.25) is 0 Å². The Kier molecular flexibility index (Phi) is 6.31. The van der Waals surface area contributed by atoms with E-state index in [0.29, 0.717) is 17.9 Å². The Morgan fingerprint density at radius 3 is 2.61 bits per heavy atom. The number of nitrogen functional groups attached to an aromatic ring is 1. The van der Waals surface area contributed by atoms with Gasteiger partial charge in [0.15, 0.2) is 0 Å². The number of hydrogen-bond donors (Lipinski definition) is 2.